The van der Waals surface area contributed by atoms with Crippen molar-refractivity contribution in [1.29, 1.82) is 0 Å². The topological polar surface area (TPSA) is 75.4 Å². The quantitative estimate of drug-likeness (QED) is 0.703. The summed E-state index contributed by atoms with van der Waals surface area (Å²) in [5, 5.41) is 5.36. The predicted molar refractivity (Wildman–Crippen MR) is 104 cm³/mol. The molecule has 138 valence electrons. The second kappa shape index (κ2) is 5.97. The van der Waals surface area contributed by atoms with Crippen LogP contribution in [0.1, 0.15) is 27.6 Å². The van der Waals surface area contributed by atoms with Gasteiger partial charge in [-0.15, -0.1) is 11.3 Å². The Morgan fingerprint density at radius 3 is 2.78 bits per heavy atom. The molecule has 0 spiro atoms. The molecule has 3 aromatic rings. The number of carbonyl (C=O) groups excluding carboxylic acids is 1. The molecule has 2 aliphatic rings. The van der Waals surface area contributed by atoms with E-state index in [1.54, 1.807) is 11.3 Å². The van der Waals surface area contributed by atoms with Gasteiger partial charge in [-0.2, -0.15) is 0 Å². The smallest absolute Gasteiger partial charge is 0.229 e. The van der Waals surface area contributed by atoms with Gasteiger partial charge in [0.05, 0.1) is 11.7 Å². The summed E-state index contributed by atoms with van der Waals surface area (Å²) in [4.78, 5) is 29.9. The van der Waals surface area contributed by atoms with Crippen LogP contribution in [0.15, 0.2) is 29.4 Å². The molecule has 1 saturated heterocycles. The number of hydrogen-bond donors (Lipinski definition) is 1. The number of anilines is 1. The molecular weight excluding hydrogens is 360 g/mol. The Labute approximate surface area is 160 Å². The van der Waals surface area contributed by atoms with Crippen LogP contribution in [0.2, 0.25) is 0 Å². The normalized spacial score (nSPS) is 21.7. The molecule has 5 heterocycles. The Bertz CT molecular complexity index is 1080. The van der Waals surface area contributed by atoms with Gasteiger partial charge in [0.25, 0.3) is 0 Å². The first-order valence-corrected chi connectivity index (χ1v) is 9.89. The third kappa shape index (κ3) is 2.59. The molecular formula is C19H20N6OS. The van der Waals surface area contributed by atoms with Crippen LogP contribution < -0.4 is 10.2 Å². The lowest BCUT2D eigenvalue weighted by Gasteiger charge is -2.16. The zero-order chi connectivity index (χ0) is 18.7. The van der Waals surface area contributed by atoms with E-state index in [0.717, 1.165) is 40.7 Å². The Hall–Kier alpha value is -2.58. The van der Waals surface area contributed by atoms with E-state index < -0.39 is 0 Å². The highest BCUT2D eigenvalue weighted by atomic mass is 32.1. The van der Waals surface area contributed by atoms with Crippen molar-refractivity contribution in [2.24, 2.45) is 5.92 Å². The molecule has 1 fully saturated rings. The predicted octanol–water partition coefficient (Wildman–Crippen LogP) is 2.29. The van der Waals surface area contributed by atoms with Gasteiger partial charge >= 0.3 is 0 Å². The van der Waals surface area contributed by atoms with Crippen LogP contribution in [-0.4, -0.2) is 44.3 Å². The molecule has 2 aliphatic heterocycles. The lowest BCUT2D eigenvalue weighted by atomic mass is 9.97. The van der Waals surface area contributed by atoms with Gasteiger partial charge in [-0.3, -0.25) is 9.20 Å². The maximum atomic E-state index is 13.3. The summed E-state index contributed by atoms with van der Waals surface area (Å²) >= 11 is 1.54. The molecule has 3 aromatic heterocycles. The van der Waals surface area contributed by atoms with Crippen molar-refractivity contribution in [2.75, 3.05) is 18.0 Å². The number of imidazole rings is 1. The molecule has 0 saturated carbocycles. The van der Waals surface area contributed by atoms with E-state index in [4.69, 9.17) is 0 Å². The average molecular weight is 380 g/mol. The first-order valence-electron chi connectivity index (χ1n) is 9.01. The molecule has 2 unspecified atom stereocenters. The maximum absolute atomic E-state index is 13.3. The highest BCUT2D eigenvalue weighted by molar-refractivity contribution is 7.15. The van der Waals surface area contributed by atoms with Crippen LogP contribution in [0.3, 0.4) is 0 Å². The summed E-state index contributed by atoms with van der Waals surface area (Å²) in [5.74, 6) is 1.09. The summed E-state index contributed by atoms with van der Waals surface area (Å²) in [6.07, 6.45) is 3.97. The van der Waals surface area contributed by atoms with Gasteiger partial charge in [0.2, 0.25) is 11.7 Å². The summed E-state index contributed by atoms with van der Waals surface area (Å²) in [6.45, 7) is 7.44. The molecule has 8 heteroatoms. The first kappa shape index (κ1) is 16.6. The SMILES string of the molecule is Cc1cc(C)nc(N2C=C3C(CNC3C(=O)c3c(C)nc4sccn34)C2)n1. The summed E-state index contributed by atoms with van der Waals surface area (Å²) in [6, 6.07) is 1.65. The zero-order valence-electron chi connectivity index (χ0n) is 15.4. The zero-order valence-corrected chi connectivity index (χ0v) is 16.2. The largest absolute Gasteiger partial charge is 0.316 e. The highest BCUT2D eigenvalue weighted by Crippen LogP contribution is 2.33. The molecule has 5 rings (SSSR count). The third-order valence-corrected chi connectivity index (χ3v) is 6.01. The Morgan fingerprint density at radius 2 is 2.00 bits per heavy atom. The fourth-order valence-electron chi connectivity index (χ4n) is 4.10. The van der Waals surface area contributed by atoms with Crippen molar-refractivity contribution in [2.45, 2.75) is 26.8 Å². The molecule has 1 N–H and O–H groups in total. The van der Waals surface area contributed by atoms with Crippen LogP contribution in [0, 0.1) is 26.7 Å². The van der Waals surface area contributed by atoms with Crippen LogP contribution in [0.5, 0.6) is 0 Å². The highest BCUT2D eigenvalue weighted by Gasteiger charge is 2.41. The number of hydrogen-bond acceptors (Lipinski definition) is 7. The molecule has 7 nitrogen and oxygen atoms in total. The van der Waals surface area contributed by atoms with Crippen molar-refractivity contribution < 1.29 is 4.79 Å². The number of carbonyl (C=O) groups is 1. The van der Waals surface area contributed by atoms with Crippen LogP contribution in [-0.2, 0) is 0 Å². The molecule has 27 heavy (non-hydrogen) atoms. The molecule has 0 aliphatic carbocycles. The number of nitrogens with one attached hydrogen (secondary N) is 1. The average Bonchev–Trinajstić information content (AvgIpc) is 3.32. The molecule has 0 aromatic carbocycles. The van der Waals surface area contributed by atoms with Crippen molar-refractivity contribution >= 4 is 28.0 Å². The minimum absolute atomic E-state index is 0.0790. The van der Waals surface area contributed by atoms with E-state index in [2.05, 4.69) is 31.4 Å². The van der Waals surface area contributed by atoms with E-state index in [1.807, 2.05) is 42.8 Å². The standard InChI is InChI=1S/C19H20N6OS/c1-10-6-11(2)22-18(21-10)24-8-13-7-20-15(14(13)9-24)17(26)16-12(3)23-19-25(16)4-5-27-19/h4-6,9,13,15,20H,7-8H2,1-3H3. The summed E-state index contributed by atoms with van der Waals surface area (Å²) in [5.41, 5.74) is 4.48. The number of aryl methyl sites for hydroxylation is 3. The fourth-order valence-corrected chi connectivity index (χ4v) is 4.86. The lowest BCUT2D eigenvalue weighted by Crippen LogP contribution is -2.34. The van der Waals surface area contributed by atoms with E-state index in [0.29, 0.717) is 17.6 Å². The van der Waals surface area contributed by atoms with Crippen molar-refractivity contribution in [3.05, 3.63) is 52.2 Å². The molecule has 0 bridgehead atoms. The lowest BCUT2D eigenvalue weighted by molar-refractivity contribution is 0.0960. The number of Topliss-reactive ketones (excluding diaryl/α,β-unsaturated/α-hetero) is 1. The van der Waals surface area contributed by atoms with Gasteiger partial charge in [0.1, 0.15) is 5.69 Å². The molecule has 0 amide bonds. The van der Waals surface area contributed by atoms with Crippen LogP contribution >= 0.6 is 11.3 Å². The number of ketones is 1. The van der Waals surface area contributed by atoms with E-state index in [-0.39, 0.29) is 11.8 Å². The van der Waals surface area contributed by atoms with Crippen molar-refractivity contribution in [1.82, 2.24) is 24.7 Å². The summed E-state index contributed by atoms with van der Waals surface area (Å²) < 4.78 is 1.90. The third-order valence-electron chi connectivity index (χ3n) is 5.25. The molecule has 2 atom stereocenters. The van der Waals surface area contributed by atoms with E-state index in [1.165, 1.54) is 0 Å². The van der Waals surface area contributed by atoms with E-state index in [9.17, 15) is 4.79 Å². The maximum Gasteiger partial charge on any atom is 0.229 e. The Kier molecular flexibility index (Phi) is 3.66. The van der Waals surface area contributed by atoms with Gasteiger partial charge in [0.15, 0.2) is 4.96 Å². The van der Waals surface area contributed by atoms with Gasteiger partial charge in [-0.25, -0.2) is 15.0 Å². The number of thiazole rings is 1. The number of fused-ring (bicyclic) bond motifs is 2. The van der Waals surface area contributed by atoms with Gasteiger partial charge in [0, 0.05) is 48.2 Å². The second-order valence-electron chi connectivity index (χ2n) is 7.24. The Morgan fingerprint density at radius 1 is 1.22 bits per heavy atom. The number of rotatable bonds is 3. The van der Waals surface area contributed by atoms with Gasteiger partial charge in [-0.1, -0.05) is 0 Å². The van der Waals surface area contributed by atoms with Crippen molar-refractivity contribution in [3.8, 4) is 0 Å². The second-order valence-corrected chi connectivity index (χ2v) is 8.11. The van der Waals surface area contributed by atoms with Crippen molar-refractivity contribution in [3.63, 3.8) is 0 Å². The number of aromatic nitrogens is 4. The summed E-state index contributed by atoms with van der Waals surface area (Å²) in [7, 11) is 0. The fraction of sp³-hybridized carbons (Fsp3) is 0.368. The number of nitrogens with zero attached hydrogens (tertiary/aromatic N) is 5. The Balaban J connectivity index is 1.49. The van der Waals surface area contributed by atoms with E-state index >= 15 is 0 Å². The minimum Gasteiger partial charge on any atom is -0.316 e. The first-order chi connectivity index (χ1) is 13.0. The minimum atomic E-state index is -0.315. The van der Waals surface area contributed by atoms with Crippen LogP contribution in [0.25, 0.3) is 4.96 Å². The molecule has 0 radical (unpaired) electrons. The monoisotopic (exact) mass is 380 g/mol. The van der Waals surface area contributed by atoms with Gasteiger partial charge in [-0.05, 0) is 32.4 Å². The van der Waals surface area contributed by atoms with Crippen LogP contribution in [0.4, 0.5) is 5.95 Å². The van der Waals surface area contributed by atoms with Gasteiger partial charge < -0.3 is 10.2 Å².